The van der Waals surface area contributed by atoms with E-state index in [0.717, 1.165) is 24.0 Å². The molecule has 5 atom stereocenters. The molecule has 5 unspecified atom stereocenters. The number of aliphatic carboxylic acids is 1. The van der Waals surface area contributed by atoms with Gasteiger partial charge >= 0.3 is 0 Å². The fraction of sp³-hybridized carbons (Fsp3) is 0.325. The molecule has 50 heavy (non-hydrogen) atoms. The lowest BCUT2D eigenvalue weighted by molar-refractivity contribution is -0.308. The van der Waals surface area contributed by atoms with Crippen LogP contribution in [0.15, 0.2) is 91.0 Å². The number of hydrogen-bond donors (Lipinski definition) is 2. The van der Waals surface area contributed by atoms with Crippen molar-refractivity contribution in [2.24, 2.45) is 0 Å². The van der Waals surface area contributed by atoms with Gasteiger partial charge in [-0.3, -0.25) is 9.59 Å². The summed E-state index contributed by atoms with van der Waals surface area (Å²) < 4.78 is 5.22. The van der Waals surface area contributed by atoms with Crippen LogP contribution in [0.25, 0.3) is 0 Å². The molecule has 260 valence electrons. The van der Waals surface area contributed by atoms with Crippen LogP contribution in [0.1, 0.15) is 81.7 Å². The van der Waals surface area contributed by atoms with E-state index in [2.05, 4.69) is 5.32 Å². The predicted octanol–water partition coefficient (Wildman–Crippen LogP) is 6.02. The number of carbonyl (C=O) groups is 3. The monoisotopic (exact) mass is 713 g/mol. The summed E-state index contributed by atoms with van der Waals surface area (Å²) in [4.78, 5) is 42.5. The van der Waals surface area contributed by atoms with Crippen molar-refractivity contribution in [3.05, 3.63) is 134 Å². The summed E-state index contributed by atoms with van der Waals surface area (Å²) in [7, 11) is 1.58. The Hall–Kier alpha value is -4.37. The second kappa shape index (κ2) is 15.7. The third-order valence-corrected chi connectivity index (χ3v) is 10.5. The molecule has 2 N–H and O–H groups in total. The molecule has 2 amide bonds. The second-order valence-corrected chi connectivity index (χ2v) is 13.9. The highest BCUT2D eigenvalue weighted by atomic mass is 35.5. The molecule has 0 radical (unpaired) electrons. The van der Waals surface area contributed by atoms with E-state index >= 15 is 0 Å². The van der Waals surface area contributed by atoms with Gasteiger partial charge in [0.15, 0.2) is 0 Å². The number of aliphatic hydroxyl groups excluding tert-OH is 1. The van der Waals surface area contributed by atoms with Crippen LogP contribution >= 0.6 is 23.2 Å². The van der Waals surface area contributed by atoms with Crippen LogP contribution in [0, 0.1) is 0 Å². The summed E-state index contributed by atoms with van der Waals surface area (Å²) in [6, 6.07) is 25.5. The maximum Gasteiger partial charge on any atom is 0.255 e. The average Bonchev–Trinajstić information content (AvgIpc) is 3.11. The summed E-state index contributed by atoms with van der Waals surface area (Å²) in [5.41, 5.74) is 3.90. The second-order valence-electron chi connectivity index (χ2n) is 13.0. The molecule has 4 aromatic carbocycles. The van der Waals surface area contributed by atoms with Crippen LogP contribution in [-0.2, 0) is 22.4 Å². The minimum atomic E-state index is -1.17. The zero-order chi connectivity index (χ0) is 35.4. The molecule has 0 aromatic heterocycles. The first-order chi connectivity index (χ1) is 24.2. The molecule has 0 bridgehead atoms. The molecule has 6 rings (SSSR count). The van der Waals surface area contributed by atoms with Crippen molar-refractivity contribution in [3.63, 3.8) is 0 Å². The van der Waals surface area contributed by atoms with Crippen LogP contribution in [0.5, 0.6) is 5.75 Å². The normalized spacial score (nSPS) is 20.9. The number of ether oxygens (including phenoxy) is 1. The number of fused-ring (bicyclic) bond motifs is 1. The predicted molar refractivity (Wildman–Crippen MR) is 190 cm³/mol. The standard InChI is InChI=1S/C40H40Cl2N2O6/c1-50-28-16-13-25(14-17-28)22-32(40(48)49)26-8-6-7-24(21-26)19-20-43-38(46)36-29-9-2-3-10-30(29)39(47)44(34-11-4-5-12-35(34)45)37(36)31-18-15-27(41)23-33(31)42/h2-3,6-10,13-18,21,23,32,34-37,45H,4-5,11-12,19-20,22H2,1H3,(H,43,46)(H,48,49)/p-1. The van der Waals surface area contributed by atoms with Crippen molar-refractivity contribution < 1.29 is 29.3 Å². The Kier molecular flexibility index (Phi) is 11.1. The van der Waals surface area contributed by atoms with Gasteiger partial charge in [0.2, 0.25) is 5.91 Å². The van der Waals surface area contributed by atoms with Gasteiger partial charge in [0, 0.05) is 34.0 Å². The smallest absolute Gasteiger partial charge is 0.255 e. The van der Waals surface area contributed by atoms with Crippen molar-refractivity contribution >= 4 is 41.0 Å². The van der Waals surface area contributed by atoms with Crippen LogP contribution in [0.2, 0.25) is 10.0 Å². The van der Waals surface area contributed by atoms with E-state index < -0.39 is 36.0 Å². The molecule has 4 aromatic rings. The number of rotatable bonds is 11. The summed E-state index contributed by atoms with van der Waals surface area (Å²) in [5.74, 6) is -2.71. The van der Waals surface area contributed by atoms with Gasteiger partial charge in [0.25, 0.3) is 5.91 Å². The molecule has 2 aliphatic rings. The SMILES string of the molecule is COc1ccc(CC(C(=O)[O-])c2cccc(CCNC(=O)C3c4ccccc4C(=O)N(C4CCCCC4O)C3c3ccc(Cl)cc3Cl)c2)cc1. The van der Waals surface area contributed by atoms with Crippen LogP contribution in [0.4, 0.5) is 0 Å². The van der Waals surface area contributed by atoms with Crippen LogP contribution in [0.3, 0.4) is 0 Å². The van der Waals surface area contributed by atoms with Gasteiger partial charge in [0.05, 0.1) is 31.2 Å². The van der Waals surface area contributed by atoms with E-state index in [1.165, 1.54) is 0 Å². The number of aliphatic hydroxyl groups is 1. The molecule has 1 heterocycles. The Balaban J connectivity index is 1.26. The third-order valence-electron chi connectivity index (χ3n) is 9.94. The highest BCUT2D eigenvalue weighted by molar-refractivity contribution is 6.35. The number of carboxylic acids is 1. The molecular formula is C40H39Cl2N2O6-. The molecule has 8 nitrogen and oxygen atoms in total. The average molecular weight is 715 g/mol. The topological polar surface area (TPSA) is 119 Å². The molecular weight excluding hydrogens is 675 g/mol. The van der Waals surface area contributed by atoms with E-state index in [-0.39, 0.29) is 24.8 Å². The number of carbonyl (C=O) groups excluding carboxylic acids is 3. The minimum Gasteiger partial charge on any atom is -0.549 e. The zero-order valence-electron chi connectivity index (χ0n) is 27.7. The van der Waals surface area contributed by atoms with Crippen molar-refractivity contribution in [1.29, 1.82) is 0 Å². The van der Waals surface area contributed by atoms with E-state index in [1.807, 2.05) is 36.4 Å². The Morgan fingerprint density at radius 3 is 2.42 bits per heavy atom. The number of methoxy groups -OCH3 is 1. The molecule has 1 saturated carbocycles. The van der Waals surface area contributed by atoms with E-state index in [1.54, 1.807) is 66.6 Å². The van der Waals surface area contributed by atoms with Gasteiger partial charge in [-0.2, -0.15) is 0 Å². The number of nitrogens with zero attached hydrogens (tertiary/aromatic N) is 1. The number of halogens is 2. The van der Waals surface area contributed by atoms with Gasteiger partial charge in [-0.25, -0.2) is 0 Å². The fourth-order valence-electron chi connectivity index (χ4n) is 7.43. The molecule has 0 spiro atoms. The van der Waals surface area contributed by atoms with Crippen LogP contribution < -0.4 is 15.2 Å². The fourth-order valence-corrected chi connectivity index (χ4v) is 7.95. The summed E-state index contributed by atoms with van der Waals surface area (Å²) in [5, 5.41) is 27.3. The number of benzene rings is 4. The lowest BCUT2D eigenvalue weighted by Gasteiger charge is -2.48. The Bertz CT molecular complexity index is 1870. The van der Waals surface area contributed by atoms with Crippen molar-refractivity contribution in [2.75, 3.05) is 13.7 Å². The summed E-state index contributed by atoms with van der Waals surface area (Å²) >= 11 is 13.1. The molecule has 0 saturated heterocycles. The summed E-state index contributed by atoms with van der Waals surface area (Å²) in [6.07, 6.45) is 2.83. The molecule has 1 fully saturated rings. The highest BCUT2D eigenvalue weighted by Crippen LogP contribution is 2.47. The maximum atomic E-state index is 14.4. The zero-order valence-corrected chi connectivity index (χ0v) is 29.2. The van der Waals surface area contributed by atoms with Crippen LogP contribution in [-0.4, -0.2) is 53.6 Å². The van der Waals surface area contributed by atoms with Gasteiger partial charge in [-0.15, -0.1) is 0 Å². The number of nitrogens with one attached hydrogen (secondary N) is 1. The quantitative estimate of drug-likeness (QED) is 0.196. The molecule has 1 aliphatic carbocycles. The first-order valence-electron chi connectivity index (χ1n) is 16.9. The first-order valence-corrected chi connectivity index (χ1v) is 17.7. The highest BCUT2D eigenvalue weighted by Gasteiger charge is 2.48. The maximum absolute atomic E-state index is 14.4. The van der Waals surface area contributed by atoms with Crippen molar-refractivity contribution in [2.45, 2.75) is 68.5 Å². The number of amides is 2. The minimum absolute atomic E-state index is 0.249. The van der Waals surface area contributed by atoms with Gasteiger partial charge < -0.3 is 30.0 Å². The Morgan fingerprint density at radius 1 is 0.940 bits per heavy atom. The Morgan fingerprint density at radius 2 is 1.70 bits per heavy atom. The van der Waals surface area contributed by atoms with Gasteiger partial charge in [-0.05, 0) is 83.8 Å². The molecule has 10 heteroatoms. The van der Waals surface area contributed by atoms with Gasteiger partial charge in [-0.1, -0.05) is 96.7 Å². The van der Waals surface area contributed by atoms with Crippen molar-refractivity contribution in [3.8, 4) is 5.75 Å². The lowest BCUT2D eigenvalue weighted by atomic mass is 9.76. The lowest BCUT2D eigenvalue weighted by Crippen LogP contribution is -2.55. The number of hydrogen-bond acceptors (Lipinski definition) is 6. The summed E-state index contributed by atoms with van der Waals surface area (Å²) in [6.45, 7) is 0.260. The largest absolute Gasteiger partial charge is 0.549 e. The first kappa shape index (κ1) is 35.5. The van der Waals surface area contributed by atoms with E-state index in [4.69, 9.17) is 27.9 Å². The van der Waals surface area contributed by atoms with E-state index in [0.29, 0.717) is 57.3 Å². The van der Waals surface area contributed by atoms with Crippen molar-refractivity contribution in [1.82, 2.24) is 10.2 Å². The Labute approximate surface area is 302 Å². The number of carboxylic acid groups (broad SMARTS) is 1. The third kappa shape index (κ3) is 7.53. The van der Waals surface area contributed by atoms with Gasteiger partial charge in [0.1, 0.15) is 5.75 Å². The molecule has 1 aliphatic heterocycles. The van der Waals surface area contributed by atoms with E-state index in [9.17, 15) is 24.6 Å².